The number of ether oxygens (including phenoxy) is 2. The van der Waals surface area contributed by atoms with Crippen molar-refractivity contribution in [1.82, 2.24) is 0 Å². The molecule has 0 aromatic heterocycles. The van der Waals surface area contributed by atoms with E-state index in [2.05, 4.69) is 56.0 Å². The van der Waals surface area contributed by atoms with E-state index in [0.29, 0.717) is 18.3 Å². The van der Waals surface area contributed by atoms with Gasteiger partial charge in [-0.05, 0) is 91.7 Å². The molecule has 1 saturated carbocycles. The molecular weight excluding hydrogens is 625 g/mol. The topological polar surface area (TPSA) is 77.5 Å². The number of anilines is 2. The zero-order valence-electron chi connectivity index (χ0n) is 27.0. The number of benzene rings is 3. The molecule has 8 nitrogen and oxygen atoms in total. The normalized spacial score (nSPS) is 17.6. The summed E-state index contributed by atoms with van der Waals surface area (Å²) in [5, 5.41) is 0. The molecule has 1 aliphatic carbocycles. The summed E-state index contributed by atoms with van der Waals surface area (Å²) in [6.07, 6.45) is 0.589. The Balaban J connectivity index is 1.10. The van der Waals surface area contributed by atoms with Crippen molar-refractivity contribution < 1.29 is 42.0 Å². The number of carbonyl (C=O) groups is 2. The lowest BCUT2D eigenvalue weighted by molar-refractivity contribution is -0.286. The maximum absolute atomic E-state index is 12.4. The van der Waals surface area contributed by atoms with Gasteiger partial charge in [0.25, 0.3) is 0 Å². The zero-order valence-corrected chi connectivity index (χ0v) is 27.0. The van der Waals surface area contributed by atoms with Gasteiger partial charge < -0.3 is 19.3 Å². The molecule has 0 bridgehead atoms. The van der Waals surface area contributed by atoms with Crippen LogP contribution in [0.3, 0.4) is 0 Å². The number of hydrogen-bond acceptors (Lipinski definition) is 8. The average Bonchev–Trinajstić information content (AvgIpc) is 3.80. The van der Waals surface area contributed by atoms with Crippen LogP contribution in [-0.4, -0.2) is 58.0 Å². The van der Waals surface area contributed by atoms with Gasteiger partial charge in [0.15, 0.2) is 0 Å². The van der Waals surface area contributed by atoms with Crippen LogP contribution in [0.15, 0.2) is 66.7 Å². The molecule has 6 rings (SSSR count). The lowest BCUT2D eigenvalue weighted by Gasteiger charge is -2.38. The van der Waals surface area contributed by atoms with Gasteiger partial charge in [-0.3, -0.25) is 0 Å². The first-order chi connectivity index (χ1) is 23.2. The first kappa shape index (κ1) is 33.5. The number of nitrogens with zero attached hydrogens (tertiary/aromatic N) is 2. The molecular formula is C37H41F3N2O6. The zero-order chi connectivity index (χ0) is 33.7. The molecule has 0 unspecified atom stereocenters. The molecule has 3 fully saturated rings. The quantitative estimate of drug-likeness (QED) is 0.152. The number of carbonyl (C=O) groups excluding carboxylic acids is 2. The highest BCUT2D eigenvalue weighted by Crippen LogP contribution is 2.48. The van der Waals surface area contributed by atoms with Crippen LogP contribution in [-0.2, 0) is 19.4 Å². The highest BCUT2D eigenvalue weighted by Gasteiger charge is 2.43. The molecule has 3 aliphatic rings. The van der Waals surface area contributed by atoms with Crippen molar-refractivity contribution in [1.29, 1.82) is 0 Å². The first-order valence-electron chi connectivity index (χ1n) is 16.7. The SMILES string of the molecule is COc1ccc(-c2ccccc2)c(N2CCC(COc3cccc([C@@H](CC(=O)OOC(=O)C(F)(F)F)C4CC4)c3)CC2)c1N1CCCC1. The summed E-state index contributed by atoms with van der Waals surface area (Å²) in [5.74, 6) is -1.75. The highest BCUT2D eigenvalue weighted by atomic mass is 19.4. The summed E-state index contributed by atoms with van der Waals surface area (Å²) in [5.41, 5.74) is 5.63. The Hall–Kier alpha value is -4.41. The Bertz CT molecular complexity index is 1570. The van der Waals surface area contributed by atoms with Gasteiger partial charge >= 0.3 is 18.1 Å². The minimum Gasteiger partial charge on any atom is -0.495 e. The van der Waals surface area contributed by atoms with Gasteiger partial charge in [-0.1, -0.05) is 42.5 Å². The maximum Gasteiger partial charge on any atom is 0.495 e. The van der Waals surface area contributed by atoms with E-state index in [-0.39, 0.29) is 18.3 Å². The van der Waals surface area contributed by atoms with Crippen LogP contribution in [0.25, 0.3) is 11.1 Å². The van der Waals surface area contributed by atoms with Gasteiger partial charge in [-0.15, -0.1) is 0 Å². The summed E-state index contributed by atoms with van der Waals surface area (Å²) in [6, 6.07) is 22.3. The summed E-state index contributed by atoms with van der Waals surface area (Å²) in [6.45, 7) is 4.33. The largest absolute Gasteiger partial charge is 0.495 e. The lowest BCUT2D eigenvalue weighted by atomic mass is 9.91. The fraction of sp³-hybridized carbons (Fsp3) is 0.459. The second-order valence-electron chi connectivity index (χ2n) is 12.9. The molecule has 0 N–H and O–H groups in total. The summed E-state index contributed by atoms with van der Waals surface area (Å²) in [4.78, 5) is 36.0. The van der Waals surface area contributed by atoms with Crippen molar-refractivity contribution >= 4 is 23.3 Å². The van der Waals surface area contributed by atoms with Gasteiger partial charge in [0, 0.05) is 31.7 Å². The van der Waals surface area contributed by atoms with Crippen LogP contribution in [0.4, 0.5) is 24.5 Å². The summed E-state index contributed by atoms with van der Waals surface area (Å²) < 4.78 is 49.4. The van der Waals surface area contributed by atoms with Gasteiger partial charge in [0.05, 0.1) is 25.8 Å². The Morgan fingerprint density at radius 3 is 2.21 bits per heavy atom. The van der Waals surface area contributed by atoms with Crippen molar-refractivity contribution in [2.45, 2.75) is 57.0 Å². The van der Waals surface area contributed by atoms with Crippen molar-refractivity contribution in [2.24, 2.45) is 11.8 Å². The fourth-order valence-corrected chi connectivity index (χ4v) is 6.92. The van der Waals surface area contributed by atoms with Crippen molar-refractivity contribution in [2.75, 3.05) is 49.7 Å². The molecule has 0 amide bonds. The standard InChI is InChI=1S/C37H41F3N2O6/c1-45-32-15-14-30(26-8-3-2-4-9-26)34(35(32)41-18-5-6-19-41)42-20-16-25(17-21-42)24-46-29-11-7-10-28(22-29)31(27-12-13-27)23-33(43)47-48-36(44)37(38,39)40/h2-4,7-11,14-15,22,25,27,31H,5-6,12-13,16-21,23-24H2,1H3/t31-/m0/s1. The van der Waals surface area contributed by atoms with E-state index in [9.17, 15) is 22.8 Å². The smallest absolute Gasteiger partial charge is 0.495 e. The molecule has 2 saturated heterocycles. The van der Waals surface area contributed by atoms with Gasteiger partial charge in [-0.2, -0.15) is 13.2 Å². The molecule has 0 radical (unpaired) electrons. The number of halogens is 3. The number of alkyl halides is 3. The Kier molecular flexibility index (Phi) is 10.3. The van der Waals surface area contributed by atoms with E-state index in [4.69, 9.17) is 9.47 Å². The monoisotopic (exact) mass is 666 g/mol. The molecule has 1 atom stereocenters. The third-order valence-electron chi connectivity index (χ3n) is 9.56. The van der Waals surface area contributed by atoms with E-state index >= 15 is 0 Å². The summed E-state index contributed by atoms with van der Waals surface area (Å²) in [7, 11) is 1.74. The maximum atomic E-state index is 12.4. The van der Waals surface area contributed by atoms with Crippen LogP contribution in [0.2, 0.25) is 0 Å². The lowest BCUT2D eigenvalue weighted by Crippen LogP contribution is -2.37. The van der Waals surface area contributed by atoms with Crippen LogP contribution in [0.5, 0.6) is 11.5 Å². The van der Waals surface area contributed by atoms with E-state index in [0.717, 1.165) is 63.2 Å². The second kappa shape index (κ2) is 14.8. The van der Waals surface area contributed by atoms with Crippen molar-refractivity contribution in [3.8, 4) is 22.6 Å². The van der Waals surface area contributed by atoms with Crippen molar-refractivity contribution in [3.63, 3.8) is 0 Å². The van der Waals surface area contributed by atoms with Gasteiger partial charge in [-0.25, -0.2) is 19.4 Å². The number of hydrogen-bond donors (Lipinski definition) is 0. The molecule has 2 heterocycles. The molecule has 3 aromatic rings. The molecule has 2 aliphatic heterocycles. The third-order valence-corrected chi connectivity index (χ3v) is 9.56. The van der Waals surface area contributed by atoms with E-state index in [1.807, 2.05) is 30.3 Å². The third kappa shape index (κ3) is 7.99. The number of piperidine rings is 1. The number of methoxy groups -OCH3 is 1. The average molecular weight is 667 g/mol. The molecule has 3 aromatic carbocycles. The predicted molar refractivity (Wildman–Crippen MR) is 175 cm³/mol. The van der Waals surface area contributed by atoms with Crippen LogP contribution in [0.1, 0.15) is 56.4 Å². The Labute approximate surface area is 278 Å². The van der Waals surface area contributed by atoms with Crippen molar-refractivity contribution in [3.05, 3.63) is 72.3 Å². The number of rotatable bonds is 11. The van der Waals surface area contributed by atoms with E-state index in [1.54, 1.807) is 7.11 Å². The van der Waals surface area contributed by atoms with Crippen LogP contribution < -0.4 is 19.3 Å². The second-order valence-corrected chi connectivity index (χ2v) is 12.9. The molecule has 11 heteroatoms. The van der Waals surface area contributed by atoms with Gasteiger partial charge in [0.1, 0.15) is 17.2 Å². The van der Waals surface area contributed by atoms with Gasteiger partial charge in [0.2, 0.25) is 0 Å². The van der Waals surface area contributed by atoms with E-state index in [1.165, 1.54) is 35.3 Å². The molecule has 256 valence electrons. The van der Waals surface area contributed by atoms with Crippen LogP contribution >= 0.6 is 0 Å². The minimum absolute atomic E-state index is 0.193. The minimum atomic E-state index is -5.24. The van der Waals surface area contributed by atoms with E-state index < -0.39 is 18.1 Å². The van der Waals surface area contributed by atoms with Crippen LogP contribution in [0, 0.1) is 11.8 Å². The molecule has 0 spiro atoms. The molecule has 48 heavy (non-hydrogen) atoms. The Morgan fingerprint density at radius 2 is 1.54 bits per heavy atom. The summed E-state index contributed by atoms with van der Waals surface area (Å²) >= 11 is 0. The highest BCUT2D eigenvalue weighted by molar-refractivity contribution is 5.92. The predicted octanol–water partition coefficient (Wildman–Crippen LogP) is 7.71. The Morgan fingerprint density at radius 1 is 0.833 bits per heavy atom. The fourth-order valence-electron chi connectivity index (χ4n) is 6.92. The first-order valence-corrected chi connectivity index (χ1v) is 16.7.